The number of hydrogen-bond acceptors (Lipinski definition) is 2. The summed E-state index contributed by atoms with van der Waals surface area (Å²) in [6, 6.07) is 11.1. The van der Waals surface area contributed by atoms with E-state index in [0.29, 0.717) is 0 Å². The maximum atomic E-state index is 5.09. The molecule has 0 aromatic heterocycles. The minimum atomic E-state index is 0.897. The van der Waals surface area contributed by atoms with Crippen molar-refractivity contribution < 1.29 is 4.84 Å². The van der Waals surface area contributed by atoms with E-state index in [2.05, 4.69) is 5.48 Å². The Morgan fingerprint density at radius 1 is 1.17 bits per heavy atom. The average molecular weight is 160 g/mol. The molecule has 1 heterocycles. The SMILES string of the molecule is CC1=C[C](c2ccccc2)NO1. The van der Waals surface area contributed by atoms with Crippen molar-refractivity contribution in [1.29, 1.82) is 0 Å². The molecule has 1 aromatic rings. The molecule has 0 spiro atoms. The van der Waals surface area contributed by atoms with Crippen molar-refractivity contribution >= 4 is 0 Å². The fraction of sp³-hybridized carbons (Fsp3) is 0.100. The molecule has 0 saturated heterocycles. The number of rotatable bonds is 1. The highest BCUT2D eigenvalue weighted by Crippen LogP contribution is 2.19. The quantitative estimate of drug-likeness (QED) is 0.678. The number of benzene rings is 1. The van der Waals surface area contributed by atoms with E-state index in [4.69, 9.17) is 4.84 Å². The van der Waals surface area contributed by atoms with Crippen LogP contribution in [0.5, 0.6) is 0 Å². The van der Waals surface area contributed by atoms with E-state index in [0.717, 1.165) is 17.4 Å². The van der Waals surface area contributed by atoms with Gasteiger partial charge in [-0.3, -0.25) is 0 Å². The van der Waals surface area contributed by atoms with Crippen molar-refractivity contribution in [2.75, 3.05) is 0 Å². The zero-order valence-corrected chi connectivity index (χ0v) is 6.87. The summed E-state index contributed by atoms with van der Waals surface area (Å²) in [5.41, 5.74) is 3.99. The standard InChI is InChI=1S/C10H10NO/c1-8-7-10(11-12-8)9-5-3-2-4-6-9/h2-7,11H,1H3. The molecule has 0 aliphatic carbocycles. The van der Waals surface area contributed by atoms with Gasteiger partial charge in [-0.25, -0.2) is 0 Å². The molecule has 0 unspecified atom stereocenters. The molecule has 0 bridgehead atoms. The minimum Gasteiger partial charge on any atom is -0.412 e. The van der Waals surface area contributed by atoms with Gasteiger partial charge in [0, 0.05) is 0 Å². The third-order valence-corrected chi connectivity index (χ3v) is 1.75. The van der Waals surface area contributed by atoms with Gasteiger partial charge in [0.25, 0.3) is 0 Å². The van der Waals surface area contributed by atoms with Gasteiger partial charge in [-0.1, -0.05) is 30.3 Å². The van der Waals surface area contributed by atoms with Gasteiger partial charge in [-0.2, -0.15) is 0 Å². The van der Waals surface area contributed by atoms with Crippen LogP contribution >= 0.6 is 0 Å². The van der Waals surface area contributed by atoms with Crippen LogP contribution in [-0.2, 0) is 4.84 Å². The predicted molar refractivity (Wildman–Crippen MR) is 46.8 cm³/mol. The van der Waals surface area contributed by atoms with Gasteiger partial charge in [-0.05, 0) is 18.6 Å². The summed E-state index contributed by atoms with van der Waals surface area (Å²) in [6.07, 6.45) is 1.98. The molecule has 0 fully saturated rings. The molecular formula is C10H10NO. The summed E-state index contributed by atoms with van der Waals surface area (Å²) in [6.45, 7) is 1.92. The Bertz CT molecular complexity index is 292. The van der Waals surface area contributed by atoms with Gasteiger partial charge < -0.3 is 4.84 Å². The Morgan fingerprint density at radius 2 is 1.92 bits per heavy atom. The molecule has 2 nitrogen and oxygen atoms in total. The summed E-state index contributed by atoms with van der Waals surface area (Å²) < 4.78 is 0. The van der Waals surface area contributed by atoms with Crippen LogP contribution in [0.25, 0.3) is 0 Å². The lowest BCUT2D eigenvalue weighted by atomic mass is 10.1. The van der Waals surface area contributed by atoms with Crippen LogP contribution in [0, 0.1) is 6.04 Å². The van der Waals surface area contributed by atoms with E-state index < -0.39 is 0 Å². The Morgan fingerprint density at radius 3 is 2.50 bits per heavy atom. The van der Waals surface area contributed by atoms with Gasteiger partial charge in [0.15, 0.2) is 0 Å². The van der Waals surface area contributed by atoms with Crippen molar-refractivity contribution in [3.05, 3.63) is 53.8 Å². The fourth-order valence-corrected chi connectivity index (χ4v) is 1.16. The lowest BCUT2D eigenvalue weighted by molar-refractivity contribution is 0.145. The second kappa shape index (κ2) is 2.99. The second-order valence-corrected chi connectivity index (χ2v) is 2.74. The molecule has 61 valence electrons. The molecule has 1 aliphatic rings. The van der Waals surface area contributed by atoms with Gasteiger partial charge in [0.2, 0.25) is 0 Å². The van der Waals surface area contributed by atoms with Crippen molar-refractivity contribution in [2.24, 2.45) is 0 Å². The van der Waals surface area contributed by atoms with Crippen LogP contribution in [0.2, 0.25) is 0 Å². The predicted octanol–water partition coefficient (Wildman–Crippen LogP) is 2.01. The first-order chi connectivity index (χ1) is 5.86. The van der Waals surface area contributed by atoms with Crippen molar-refractivity contribution in [3.63, 3.8) is 0 Å². The van der Waals surface area contributed by atoms with Crippen molar-refractivity contribution in [3.8, 4) is 0 Å². The molecule has 0 amide bonds. The first-order valence-electron chi connectivity index (χ1n) is 3.90. The first-order valence-corrected chi connectivity index (χ1v) is 3.90. The van der Waals surface area contributed by atoms with E-state index >= 15 is 0 Å². The molecule has 1 aliphatic heterocycles. The minimum absolute atomic E-state index is 0.897. The van der Waals surface area contributed by atoms with Crippen molar-refractivity contribution in [2.45, 2.75) is 6.92 Å². The van der Waals surface area contributed by atoms with Crippen molar-refractivity contribution in [1.82, 2.24) is 5.48 Å². The average Bonchev–Trinajstić information content (AvgIpc) is 2.54. The molecule has 0 saturated carbocycles. The third-order valence-electron chi connectivity index (χ3n) is 1.75. The Balaban J connectivity index is 2.22. The number of hydrogen-bond donors (Lipinski definition) is 1. The normalized spacial score (nSPS) is 17.2. The lowest BCUT2D eigenvalue weighted by Gasteiger charge is -2.05. The summed E-state index contributed by atoms with van der Waals surface area (Å²) in [5.74, 6) is 0.897. The lowest BCUT2D eigenvalue weighted by Crippen LogP contribution is -2.12. The topological polar surface area (TPSA) is 21.3 Å². The smallest absolute Gasteiger partial charge is 0.129 e. The van der Waals surface area contributed by atoms with Gasteiger partial charge in [0.1, 0.15) is 11.8 Å². The second-order valence-electron chi connectivity index (χ2n) is 2.74. The third kappa shape index (κ3) is 1.34. The molecule has 2 heteroatoms. The van der Waals surface area contributed by atoms with E-state index in [1.54, 1.807) is 0 Å². The highest BCUT2D eigenvalue weighted by atomic mass is 16.7. The maximum Gasteiger partial charge on any atom is 0.129 e. The summed E-state index contributed by atoms with van der Waals surface area (Å²) in [4.78, 5) is 5.09. The Labute approximate surface area is 71.8 Å². The largest absolute Gasteiger partial charge is 0.412 e. The van der Waals surface area contributed by atoms with Crippen LogP contribution in [0.3, 0.4) is 0 Å². The van der Waals surface area contributed by atoms with Crippen LogP contribution < -0.4 is 5.48 Å². The van der Waals surface area contributed by atoms with E-state index in [1.807, 2.05) is 43.3 Å². The van der Waals surface area contributed by atoms with Gasteiger partial charge in [-0.15, -0.1) is 5.48 Å². The monoisotopic (exact) mass is 160 g/mol. The Hall–Kier alpha value is -1.28. The highest BCUT2D eigenvalue weighted by Gasteiger charge is 2.16. The van der Waals surface area contributed by atoms with E-state index in [1.165, 1.54) is 0 Å². The van der Waals surface area contributed by atoms with Crippen LogP contribution in [0.1, 0.15) is 12.5 Å². The molecule has 1 radical (unpaired) electrons. The molecule has 0 atom stereocenters. The van der Waals surface area contributed by atoms with Crippen LogP contribution in [0.15, 0.2) is 42.2 Å². The molecule has 1 N–H and O–H groups in total. The summed E-state index contributed by atoms with van der Waals surface area (Å²) in [7, 11) is 0. The Kier molecular flexibility index (Phi) is 1.84. The number of hydroxylamine groups is 1. The van der Waals surface area contributed by atoms with Crippen LogP contribution in [-0.4, -0.2) is 0 Å². The summed E-state index contributed by atoms with van der Waals surface area (Å²) in [5, 5.41) is 0. The van der Waals surface area contributed by atoms with E-state index in [-0.39, 0.29) is 0 Å². The van der Waals surface area contributed by atoms with Gasteiger partial charge in [0.05, 0.1) is 0 Å². The molecular weight excluding hydrogens is 150 g/mol. The van der Waals surface area contributed by atoms with E-state index in [9.17, 15) is 0 Å². The maximum absolute atomic E-state index is 5.09. The first kappa shape index (κ1) is 7.37. The zero-order valence-electron chi connectivity index (χ0n) is 6.87. The molecule has 2 rings (SSSR count). The molecule has 1 aromatic carbocycles. The number of allylic oxidation sites excluding steroid dienone is 1. The zero-order chi connectivity index (χ0) is 8.39. The van der Waals surface area contributed by atoms with Gasteiger partial charge >= 0.3 is 0 Å². The van der Waals surface area contributed by atoms with Crippen LogP contribution in [0.4, 0.5) is 0 Å². The molecule has 12 heavy (non-hydrogen) atoms. The summed E-state index contributed by atoms with van der Waals surface area (Å²) >= 11 is 0. The highest BCUT2D eigenvalue weighted by molar-refractivity contribution is 5.37. The fourth-order valence-electron chi connectivity index (χ4n) is 1.16. The number of nitrogens with one attached hydrogen (secondary N) is 1.